The Balaban J connectivity index is 2.77. The quantitative estimate of drug-likeness (QED) is 0.374. The molecule has 0 aromatic carbocycles. The molecule has 0 N–H and O–H groups in total. The van der Waals surface area contributed by atoms with Crippen LogP contribution in [0, 0.1) is 0 Å². The van der Waals surface area contributed by atoms with Gasteiger partial charge in [0.05, 0.1) is 5.25 Å². The van der Waals surface area contributed by atoms with Crippen molar-refractivity contribution in [3.8, 4) is 0 Å². The fraction of sp³-hybridized carbons (Fsp3) is 0.600. The van der Waals surface area contributed by atoms with E-state index in [9.17, 15) is 9.59 Å². The zero-order valence-corrected chi connectivity index (χ0v) is 5.89. The summed E-state index contributed by atoms with van der Waals surface area (Å²) in [7, 11) is 1.47. The number of carbonyl (C=O) groups is 2. The van der Waals surface area contributed by atoms with Crippen LogP contribution in [0.2, 0.25) is 0 Å². The van der Waals surface area contributed by atoms with Crippen molar-refractivity contribution in [2.75, 3.05) is 7.05 Å². The highest BCUT2D eigenvalue weighted by molar-refractivity contribution is 7.81. The third-order valence-corrected chi connectivity index (χ3v) is 1.76. The van der Waals surface area contributed by atoms with E-state index >= 15 is 0 Å². The van der Waals surface area contributed by atoms with Gasteiger partial charge in [0.2, 0.25) is 11.8 Å². The van der Waals surface area contributed by atoms with Gasteiger partial charge in [0.1, 0.15) is 0 Å². The molecule has 0 aliphatic carbocycles. The molecule has 1 rings (SSSR count). The predicted octanol–water partition coefficient (Wildman–Crippen LogP) is -0.326. The Hall–Kier alpha value is -0.510. The minimum Gasteiger partial charge on any atom is -0.285 e. The van der Waals surface area contributed by atoms with Gasteiger partial charge >= 0.3 is 0 Å². The van der Waals surface area contributed by atoms with Crippen LogP contribution >= 0.6 is 12.6 Å². The topological polar surface area (TPSA) is 37.4 Å². The summed E-state index contributed by atoms with van der Waals surface area (Å²) < 4.78 is 0. The van der Waals surface area contributed by atoms with Crippen LogP contribution in [0.25, 0.3) is 0 Å². The van der Waals surface area contributed by atoms with Gasteiger partial charge in [-0.15, -0.1) is 0 Å². The SMILES string of the molecule is CN1C(=O)C[C@@H](S)C1=O. The molecule has 1 heterocycles. The maximum atomic E-state index is 10.7. The second kappa shape index (κ2) is 2.02. The van der Waals surface area contributed by atoms with Crippen LogP contribution in [0.1, 0.15) is 6.42 Å². The molecule has 0 bridgehead atoms. The van der Waals surface area contributed by atoms with E-state index in [0.717, 1.165) is 4.90 Å². The lowest BCUT2D eigenvalue weighted by atomic mass is 10.4. The first-order chi connectivity index (χ1) is 4.13. The summed E-state index contributed by atoms with van der Waals surface area (Å²) in [5, 5.41) is -0.400. The summed E-state index contributed by atoms with van der Waals surface area (Å²) in [6, 6.07) is 0. The van der Waals surface area contributed by atoms with Gasteiger partial charge in [-0.1, -0.05) is 0 Å². The summed E-state index contributed by atoms with van der Waals surface area (Å²) in [5.74, 6) is -0.330. The van der Waals surface area contributed by atoms with E-state index in [-0.39, 0.29) is 18.2 Å². The number of hydrogen-bond acceptors (Lipinski definition) is 3. The van der Waals surface area contributed by atoms with Crippen molar-refractivity contribution in [3.63, 3.8) is 0 Å². The van der Waals surface area contributed by atoms with E-state index in [2.05, 4.69) is 12.6 Å². The van der Waals surface area contributed by atoms with Gasteiger partial charge in [-0.3, -0.25) is 14.5 Å². The van der Waals surface area contributed by atoms with Gasteiger partial charge in [0.15, 0.2) is 0 Å². The summed E-state index contributed by atoms with van der Waals surface area (Å²) in [4.78, 5) is 22.5. The minimum absolute atomic E-state index is 0.139. The van der Waals surface area contributed by atoms with E-state index in [1.807, 2.05) is 0 Å². The molecule has 50 valence electrons. The van der Waals surface area contributed by atoms with Crippen molar-refractivity contribution in [3.05, 3.63) is 0 Å². The highest BCUT2D eigenvalue weighted by Crippen LogP contribution is 2.14. The van der Waals surface area contributed by atoms with Crippen LogP contribution in [0.4, 0.5) is 0 Å². The van der Waals surface area contributed by atoms with E-state index < -0.39 is 5.25 Å². The number of imide groups is 1. The predicted molar refractivity (Wildman–Crippen MR) is 35.2 cm³/mol. The molecular weight excluding hydrogens is 138 g/mol. The molecule has 1 atom stereocenters. The number of carbonyl (C=O) groups excluding carboxylic acids is 2. The van der Waals surface area contributed by atoms with Crippen molar-refractivity contribution >= 4 is 24.4 Å². The smallest absolute Gasteiger partial charge is 0.242 e. The van der Waals surface area contributed by atoms with Crippen molar-refractivity contribution < 1.29 is 9.59 Å². The summed E-state index contributed by atoms with van der Waals surface area (Å²) >= 11 is 3.89. The average Bonchev–Trinajstić information content (AvgIpc) is 1.98. The van der Waals surface area contributed by atoms with Gasteiger partial charge in [-0.05, 0) is 0 Å². The Labute approximate surface area is 58.4 Å². The molecule has 1 aliphatic heterocycles. The number of hydrogen-bond donors (Lipinski definition) is 1. The van der Waals surface area contributed by atoms with Crippen molar-refractivity contribution in [2.24, 2.45) is 0 Å². The van der Waals surface area contributed by atoms with Crippen LogP contribution < -0.4 is 0 Å². The molecule has 0 spiro atoms. The molecule has 0 radical (unpaired) electrons. The summed E-state index contributed by atoms with van der Waals surface area (Å²) in [5.41, 5.74) is 0. The molecule has 9 heavy (non-hydrogen) atoms. The summed E-state index contributed by atoms with van der Waals surface area (Å²) in [6.45, 7) is 0. The first-order valence-electron chi connectivity index (χ1n) is 2.61. The Morgan fingerprint density at radius 3 is 2.33 bits per heavy atom. The molecule has 1 saturated heterocycles. The number of likely N-dealkylation sites (tertiary alicyclic amines) is 1. The number of amides is 2. The Bertz CT molecular complexity index is 168. The zero-order valence-electron chi connectivity index (χ0n) is 5.00. The standard InChI is InChI=1S/C5H7NO2S/c1-6-4(7)2-3(9)5(6)8/h3,9H,2H2,1H3/t3-/m1/s1. The molecule has 0 unspecified atom stereocenters. The van der Waals surface area contributed by atoms with Crippen LogP contribution in [0.15, 0.2) is 0 Å². The summed E-state index contributed by atoms with van der Waals surface area (Å²) in [6.07, 6.45) is 0.248. The molecule has 3 nitrogen and oxygen atoms in total. The normalized spacial score (nSPS) is 27.8. The van der Waals surface area contributed by atoms with Crippen LogP contribution in [-0.4, -0.2) is 29.0 Å². The Kier molecular flexibility index (Phi) is 1.48. The van der Waals surface area contributed by atoms with Gasteiger partial charge in [0, 0.05) is 13.5 Å². The molecule has 4 heteroatoms. The van der Waals surface area contributed by atoms with E-state index in [0.29, 0.717) is 0 Å². The van der Waals surface area contributed by atoms with E-state index in [1.165, 1.54) is 7.05 Å². The number of nitrogens with zero attached hydrogens (tertiary/aromatic N) is 1. The minimum atomic E-state index is -0.400. The molecule has 1 fully saturated rings. The van der Waals surface area contributed by atoms with Crippen LogP contribution in [-0.2, 0) is 9.59 Å². The first-order valence-corrected chi connectivity index (χ1v) is 3.13. The lowest BCUT2D eigenvalue weighted by Gasteiger charge is -2.02. The Morgan fingerprint density at radius 2 is 2.22 bits per heavy atom. The maximum Gasteiger partial charge on any atom is 0.242 e. The fourth-order valence-electron chi connectivity index (χ4n) is 0.736. The Morgan fingerprint density at radius 1 is 1.67 bits per heavy atom. The third-order valence-electron chi connectivity index (χ3n) is 1.36. The van der Waals surface area contributed by atoms with Gasteiger partial charge in [-0.2, -0.15) is 12.6 Å². The van der Waals surface area contributed by atoms with Gasteiger partial charge in [-0.25, -0.2) is 0 Å². The van der Waals surface area contributed by atoms with Crippen molar-refractivity contribution in [1.82, 2.24) is 4.90 Å². The lowest BCUT2D eigenvalue weighted by molar-refractivity contribution is -0.136. The van der Waals surface area contributed by atoms with Crippen LogP contribution in [0.5, 0.6) is 0 Å². The number of thiol groups is 1. The largest absolute Gasteiger partial charge is 0.285 e. The van der Waals surface area contributed by atoms with E-state index in [4.69, 9.17) is 0 Å². The van der Waals surface area contributed by atoms with Crippen molar-refractivity contribution in [2.45, 2.75) is 11.7 Å². The molecule has 0 aromatic rings. The molecule has 2 amide bonds. The maximum absolute atomic E-state index is 10.7. The third kappa shape index (κ3) is 0.941. The van der Waals surface area contributed by atoms with Gasteiger partial charge in [0.25, 0.3) is 0 Å². The second-order valence-electron chi connectivity index (χ2n) is 2.01. The second-order valence-corrected chi connectivity index (χ2v) is 2.63. The van der Waals surface area contributed by atoms with Gasteiger partial charge < -0.3 is 0 Å². The first kappa shape index (κ1) is 6.61. The zero-order chi connectivity index (χ0) is 7.02. The monoisotopic (exact) mass is 145 g/mol. The molecular formula is C5H7NO2S. The number of rotatable bonds is 0. The fourth-order valence-corrected chi connectivity index (χ4v) is 1.07. The lowest BCUT2D eigenvalue weighted by Crippen LogP contribution is -2.25. The molecule has 1 aliphatic rings. The molecule has 0 aromatic heterocycles. The van der Waals surface area contributed by atoms with Crippen molar-refractivity contribution in [1.29, 1.82) is 0 Å². The van der Waals surface area contributed by atoms with Crippen LogP contribution in [0.3, 0.4) is 0 Å². The average molecular weight is 145 g/mol. The highest BCUT2D eigenvalue weighted by Gasteiger charge is 2.32. The highest BCUT2D eigenvalue weighted by atomic mass is 32.1. The van der Waals surface area contributed by atoms with E-state index in [1.54, 1.807) is 0 Å². The molecule has 0 saturated carbocycles.